The molecule has 0 aliphatic heterocycles. The number of nitrogens with two attached hydrogens (primary N) is 1. The van der Waals surface area contributed by atoms with E-state index < -0.39 is 0 Å². The minimum Gasteiger partial charge on any atom is -0.496 e. The van der Waals surface area contributed by atoms with Crippen LogP contribution >= 0.6 is 11.6 Å². The zero-order chi connectivity index (χ0) is 11.9. The summed E-state index contributed by atoms with van der Waals surface area (Å²) in [6.07, 6.45) is 0. The normalized spacial score (nSPS) is 26.6. The first-order chi connectivity index (χ1) is 7.52. The quantitative estimate of drug-likeness (QED) is 0.880. The molecule has 0 aromatic heterocycles. The predicted octanol–water partition coefficient (Wildman–Crippen LogP) is 3.05. The minimum atomic E-state index is 0.274. The minimum absolute atomic E-state index is 0.274. The maximum absolute atomic E-state index is 5.96. The van der Waals surface area contributed by atoms with Crippen molar-refractivity contribution in [1.82, 2.24) is 0 Å². The fourth-order valence-electron chi connectivity index (χ4n) is 2.74. The van der Waals surface area contributed by atoms with Gasteiger partial charge >= 0.3 is 0 Å². The Bertz CT molecular complexity index is 403. The largest absolute Gasteiger partial charge is 0.496 e. The average Bonchev–Trinajstić information content (AvgIpc) is 2.80. The molecule has 0 bridgehead atoms. The molecule has 16 heavy (non-hydrogen) atoms. The topological polar surface area (TPSA) is 35.2 Å². The van der Waals surface area contributed by atoms with Crippen molar-refractivity contribution in [3.63, 3.8) is 0 Å². The van der Waals surface area contributed by atoms with E-state index in [0.29, 0.717) is 16.9 Å². The second-order valence-electron chi connectivity index (χ2n) is 5.03. The number of methoxy groups -OCH3 is 1. The molecule has 0 amide bonds. The lowest BCUT2D eigenvalue weighted by atomic mass is 10.0. The number of benzene rings is 1. The van der Waals surface area contributed by atoms with Gasteiger partial charge in [0.15, 0.2) is 0 Å². The van der Waals surface area contributed by atoms with Gasteiger partial charge in [-0.15, -0.1) is 0 Å². The summed E-state index contributed by atoms with van der Waals surface area (Å²) in [6.45, 7) is 5.23. The van der Waals surface area contributed by atoms with Gasteiger partial charge in [-0.2, -0.15) is 0 Å². The van der Waals surface area contributed by atoms with Crippen LogP contribution in [0.2, 0.25) is 5.02 Å². The summed E-state index contributed by atoms with van der Waals surface area (Å²) in [7, 11) is 1.68. The summed E-state index contributed by atoms with van der Waals surface area (Å²) < 4.78 is 5.39. The Kier molecular flexibility index (Phi) is 2.89. The van der Waals surface area contributed by atoms with Crippen LogP contribution in [0.3, 0.4) is 0 Å². The van der Waals surface area contributed by atoms with Crippen LogP contribution in [0, 0.1) is 11.3 Å². The molecule has 2 unspecified atom stereocenters. The molecule has 88 valence electrons. The van der Waals surface area contributed by atoms with E-state index in [1.165, 1.54) is 5.56 Å². The van der Waals surface area contributed by atoms with Crippen molar-refractivity contribution in [3.8, 4) is 5.75 Å². The number of ether oxygens (including phenoxy) is 1. The lowest BCUT2D eigenvalue weighted by Crippen LogP contribution is -2.05. The number of rotatable bonds is 3. The van der Waals surface area contributed by atoms with Gasteiger partial charge in [0.2, 0.25) is 0 Å². The molecule has 1 saturated carbocycles. The summed E-state index contributed by atoms with van der Waals surface area (Å²) in [5.74, 6) is 1.91. The monoisotopic (exact) mass is 239 g/mol. The van der Waals surface area contributed by atoms with Crippen LogP contribution in [0.15, 0.2) is 18.2 Å². The molecule has 1 aromatic rings. The van der Waals surface area contributed by atoms with Gasteiger partial charge in [0.05, 0.1) is 7.11 Å². The van der Waals surface area contributed by atoms with Gasteiger partial charge in [0.1, 0.15) is 5.75 Å². The zero-order valence-corrected chi connectivity index (χ0v) is 10.7. The van der Waals surface area contributed by atoms with E-state index in [1.54, 1.807) is 7.11 Å². The van der Waals surface area contributed by atoms with Crippen LogP contribution < -0.4 is 10.5 Å². The molecule has 0 heterocycles. The van der Waals surface area contributed by atoms with Crippen LogP contribution in [-0.4, -0.2) is 13.7 Å². The first-order valence-electron chi connectivity index (χ1n) is 5.56. The second kappa shape index (κ2) is 3.94. The van der Waals surface area contributed by atoms with E-state index >= 15 is 0 Å². The molecular formula is C13H18ClNO. The van der Waals surface area contributed by atoms with Crippen molar-refractivity contribution in [1.29, 1.82) is 0 Å². The summed E-state index contributed by atoms with van der Waals surface area (Å²) in [5, 5.41) is 0.711. The Balaban J connectivity index is 2.35. The van der Waals surface area contributed by atoms with Gasteiger partial charge in [0, 0.05) is 5.02 Å². The SMILES string of the molecule is COc1cc(Cl)ccc1C1C(CN)C1(C)C. The molecule has 3 heteroatoms. The molecular weight excluding hydrogens is 222 g/mol. The third kappa shape index (κ3) is 1.70. The third-order valence-corrected chi connectivity index (χ3v) is 4.07. The van der Waals surface area contributed by atoms with Crippen LogP contribution in [0.25, 0.3) is 0 Å². The molecule has 0 radical (unpaired) electrons. The third-order valence-electron chi connectivity index (χ3n) is 3.83. The van der Waals surface area contributed by atoms with E-state index in [2.05, 4.69) is 19.9 Å². The van der Waals surface area contributed by atoms with Crippen molar-refractivity contribution >= 4 is 11.6 Å². The molecule has 0 spiro atoms. The number of hydrogen-bond acceptors (Lipinski definition) is 2. The zero-order valence-electron chi connectivity index (χ0n) is 9.96. The molecule has 1 aromatic carbocycles. The maximum atomic E-state index is 5.96. The highest BCUT2D eigenvalue weighted by atomic mass is 35.5. The summed E-state index contributed by atoms with van der Waals surface area (Å²) >= 11 is 5.96. The van der Waals surface area contributed by atoms with Crippen molar-refractivity contribution in [3.05, 3.63) is 28.8 Å². The first-order valence-corrected chi connectivity index (χ1v) is 5.93. The molecule has 2 atom stereocenters. The highest BCUT2D eigenvalue weighted by molar-refractivity contribution is 6.30. The predicted molar refractivity (Wildman–Crippen MR) is 67.1 cm³/mol. The van der Waals surface area contributed by atoms with Crippen molar-refractivity contribution in [2.45, 2.75) is 19.8 Å². The molecule has 1 aliphatic rings. The van der Waals surface area contributed by atoms with E-state index in [4.69, 9.17) is 22.1 Å². The Hall–Kier alpha value is -0.730. The van der Waals surface area contributed by atoms with Gasteiger partial charge < -0.3 is 10.5 Å². The highest BCUT2D eigenvalue weighted by Gasteiger charge is 2.58. The van der Waals surface area contributed by atoms with Gasteiger partial charge in [-0.1, -0.05) is 31.5 Å². The Morgan fingerprint density at radius 2 is 2.12 bits per heavy atom. The van der Waals surface area contributed by atoms with Gasteiger partial charge in [-0.3, -0.25) is 0 Å². The van der Waals surface area contributed by atoms with E-state index in [0.717, 1.165) is 12.3 Å². The van der Waals surface area contributed by atoms with Gasteiger partial charge in [-0.05, 0) is 41.5 Å². The summed E-state index contributed by atoms with van der Waals surface area (Å²) in [6, 6.07) is 5.85. The standard InChI is InChI=1S/C13H18ClNO/c1-13(2)10(7-15)12(13)9-5-4-8(14)6-11(9)16-3/h4-6,10,12H,7,15H2,1-3H3. The number of halogens is 1. The van der Waals surface area contributed by atoms with Crippen molar-refractivity contribution in [2.75, 3.05) is 13.7 Å². The fraction of sp³-hybridized carbons (Fsp3) is 0.538. The van der Waals surface area contributed by atoms with Crippen molar-refractivity contribution in [2.24, 2.45) is 17.1 Å². The van der Waals surface area contributed by atoms with Crippen LogP contribution in [0.5, 0.6) is 5.75 Å². The van der Waals surface area contributed by atoms with E-state index in [-0.39, 0.29) is 5.41 Å². The Morgan fingerprint density at radius 3 is 2.62 bits per heavy atom. The van der Waals surface area contributed by atoms with Gasteiger partial charge in [0.25, 0.3) is 0 Å². The first kappa shape index (κ1) is 11.7. The maximum Gasteiger partial charge on any atom is 0.123 e. The molecule has 2 rings (SSSR count). The fourth-order valence-corrected chi connectivity index (χ4v) is 2.91. The Morgan fingerprint density at radius 1 is 1.44 bits per heavy atom. The smallest absolute Gasteiger partial charge is 0.123 e. The number of hydrogen-bond donors (Lipinski definition) is 1. The van der Waals surface area contributed by atoms with E-state index in [9.17, 15) is 0 Å². The molecule has 0 saturated heterocycles. The second-order valence-corrected chi connectivity index (χ2v) is 5.46. The summed E-state index contributed by atoms with van der Waals surface area (Å²) in [4.78, 5) is 0. The van der Waals surface area contributed by atoms with Crippen LogP contribution in [0.4, 0.5) is 0 Å². The molecule has 2 N–H and O–H groups in total. The summed E-state index contributed by atoms with van der Waals surface area (Å²) in [5.41, 5.74) is 7.29. The van der Waals surface area contributed by atoms with E-state index in [1.807, 2.05) is 12.1 Å². The molecule has 1 fully saturated rings. The molecule has 2 nitrogen and oxygen atoms in total. The molecule has 1 aliphatic carbocycles. The highest BCUT2D eigenvalue weighted by Crippen LogP contribution is 2.65. The average molecular weight is 240 g/mol. The lowest BCUT2D eigenvalue weighted by Gasteiger charge is -2.10. The van der Waals surface area contributed by atoms with Gasteiger partial charge in [-0.25, -0.2) is 0 Å². The van der Waals surface area contributed by atoms with Crippen LogP contribution in [-0.2, 0) is 0 Å². The Labute approximate surface area is 102 Å². The lowest BCUT2D eigenvalue weighted by molar-refractivity contribution is 0.407. The van der Waals surface area contributed by atoms with Crippen LogP contribution in [0.1, 0.15) is 25.3 Å². The van der Waals surface area contributed by atoms with Crippen molar-refractivity contribution < 1.29 is 4.74 Å².